The van der Waals surface area contributed by atoms with Gasteiger partial charge in [-0.3, -0.25) is 9.69 Å². The van der Waals surface area contributed by atoms with E-state index in [1.54, 1.807) is 0 Å². The van der Waals surface area contributed by atoms with E-state index in [0.717, 1.165) is 82.2 Å². The third-order valence-corrected chi connectivity index (χ3v) is 7.23. The Kier molecular flexibility index (Phi) is 4.63. The number of pyridine rings is 1. The Labute approximate surface area is 166 Å². The van der Waals surface area contributed by atoms with Crippen molar-refractivity contribution in [1.82, 2.24) is 19.4 Å². The van der Waals surface area contributed by atoms with Gasteiger partial charge >= 0.3 is 0 Å². The van der Waals surface area contributed by atoms with Gasteiger partial charge < -0.3 is 10.0 Å². The maximum absolute atomic E-state index is 13.7. The Balaban J connectivity index is 1.39. The molecule has 2 saturated heterocycles. The molecule has 1 saturated carbocycles. The Morgan fingerprint density at radius 3 is 2.68 bits per heavy atom. The number of hydrogen-bond acceptors (Lipinski definition) is 4. The van der Waals surface area contributed by atoms with Crippen LogP contribution in [0.25, 0.3) is 5.52 Å². The summed E-state index contributed by atoms with van der Waals surface area (Å²) in [5.74, 6) is 0.338. The van der Waals surface area contributed by atoms with E-state index in [1.807, 2.05) is 16.8 Å². The number of aliphatic hydroxyl groups is 1. The van der Waals surface area contributed by atoms with E-state index in [4.69, 9.17) is 0 Å². The van der Waals surface area contributed by atoms with E-state index in [-0.39, 0.29) is 11.6 Å². The van der Waals surface area contributed by atoms with E-state index in [1.165, 1.54) is 0 Å². The average molecular weight is 383 g/mol. The number of aromatic nitrogens is 2. The quantitative estimate of drug-likeness (QED) is 0.886. The summed E-state index contributed by atoms with van der Waals surface area (Å²) < 4.78 is 2.00. The first-order valence-electron chi connectivity index (χ1n) is 10.8. The second-order valence-corrected chi connectivity index (χ2v) is 8.81. The van der Waals surface area contributed by atoms with Crippen LogP contribution in [0.3, 0.4) is 0 Å². The number of carbonyl (C=O) groups excluding carboxylic acids is 1. The van der Waals surface area contributed by atoms with Gasteiger partial charge in [0.1, 0.15) is 5.54 Å². The van der Waals surface area contributed by atoms with E-state index < -0.39 is 0 Å². The third kappa shape index (κ3) is 2.94. The number of likely N-dealkylation sites (tertiary alicyclic amines) is 2. The third-order valence-electron chi connectivity index (χ3n) is 7.23. The van der Waals surface area contributed by atoms with Gasteiger partial charge in [0.25, 0.3) is 0 Å². The molecule has 4 heterocycles. The fraction of sp³-hybridized carbons (Fsp3) is 0.636. The molecular weight excluding hydrogens is 352 g/mol. The summed E-state index contributed by atoms with van der Waals surface area (Å²) in [6.45, 7) is 2.62. The van der Waals surface area contributed by atoms with Crippen molar-refractivity contribution in [2.24, 2.45) is 0 Å². The highest BCUT2D eigenvalue weighted by molar-refractivity contribution is 5.88. The lowest BCUT2D eigenvalue weighted by Gasteiger charge is -2.48. The van der Waals surface area contributed by atoms with Crippen molar-refractivity contribution in [3.63, 3.8) is 0 Å². The predicted molar refractivity (Wildman–Crippen MR) is 107 cm³/mol. The Morgan fingerprint density at radius 1 is 1.07 bits per heavy atom. The highest BCUT2D eigenvalue weighted by Crippen LogP contribution is 2.41. The molecule has 28 heavy (non-hydrogen) atoms. The Hall–Kier alpha value is -1.92. The van der Waals surface area contributed by atoms with Gasteiger partial charge in [-0.1, -0.05) is 6.07 Å². The number of aliphatic hydroxyl groups excluding tert-OH is 1. The van der Waals surface area contributed by atoms with Gasteiger partial charge in [0.05, 0.1) is 17.3 Å². The van der Waals surface area contributed by atoms with E-state index in [0.29, 0.717) is 11.9 Å². The van der Waals surface area contributed by atoms with Gasteiger partial charge in [0, 0.05) is 25.3 Å². The van der Waals surface area contributed by atoms with Crippen molar-refractivity contribution in [1.29, 1.82) is 0 Å². The molecule has 2 aliphatic heterocycles. The summed E-state index contributed by atoms with van der Waals surface area (Å²) in [5, 5.41) is 14.3. The number of nitrogens with zero attached hydrogens (tertiary/aromatic N) is 4. The summed E-state index contributed by atoms with van der Waals surface area (Å²) >= 11 is 0. The second kappa shape index (κ2) is 7.16. The lowest BCUT2D eigenvalue weighted by Crippen LogP contribution is -2.62. The molecule has 2 aromatic heterocycles. The van der Waals surface area contributed by atoms with Crippen LogP contribution in [-0.2, 0) is 11.3 Å². The minimum Gasteiger partial charge on any atom is -0.393 e. The molecule has 6 nitrogen and oxygen atoms in total. The summed E-state index contributed by atoms with van der Waals surface area (Å²) in [5.41, 5.74) is 1.90. The lowest BCUT2D eigenvalue weighted by molar-refractivity contribution is -0.152. The summed E-state index contributed by atoms with van der Waals surface area (Å²) in [6.07, 6.45) is 9.28. The molecule has 150 valence electrons. The minimum absolute atomic E-state index is 0.178. The first kappa shape index (κ1) is 18.1. The average Bonchev–Trinajstić information content (AvgIpc) is 3.34. The molecule has 1 atom stereocenters. The molecule has 1 N–H and O–H groups in total. The summed E-state index contributed by atoms with van der Waals surface area (Å²) in [7, 11) is 0. The van der Waals surface area contributed by atoms with Gasteiger partial charge in [0.2, 0.25) is 5.91 Å². The van der Waals surface area contributed by atoms with E-state index in [9.17, 15) is 9.90 Å². The van der Waals surface area contributed by atoms with Crippen LogP contribution in [-0.4, -0.2) is 61.2 Å². The molecule has 1 aliphatic carbocycles. The van der Waals surface area contributed by atoms with Crippen molar-refractivity contribution < 1.29 is 9.90 Å². The normalized spacial score (nSPS) is 31.9. The van der Waals surface area contributed by atoms with E-state index >= 15 is 0 Å². The van der Waals surface area contributed by atoms with Crippen LogP contribution in [0, 0.1) is 0 Å². The maximum Gasteiger partial charge on any atom is 0.243 e. The first-order valence-corrected chi connectivity index (χ1v) is 10.8. The van der Waals surface area contributed by atoms with Crippen LogP contribution in [0.1, 0.15) is 57.1 Å². The fourth-order valence-electron chi connectivity index (χ4n) is 5.75. The SMILES string of the molecule is O=C1N(C2CCC(O)CC2)CCCC12CCCN2Cc1cccc2ccnn12. The number of fused-ring (bicyclic) bond motifs is 1. The Bertz CT molecular complexity index is 857. The van der Waals surface area contributed by atoms with Crippen molar-refractivity contribution in [3.8, 4) is 0 Å². The monoisotopic (exact) mass is 382 g/mol. The van der Waals surface area contributed by atoms with Crippen LogP contribution in [0.4, 0.5) is 0 Å². The zero-order valence-electron chi connectivity index (χ0n) is 16.5. The molecule has 0 aromatic carbocycles. The highest BCUT2D eigenvalue weighted by atomic mass is 16.3. The molecule has 3 fully saturated rings. The maximum atomic E-state index is 13.7. The molecule has 0 bridgehead atoms. The van der Waals surface area contributed by atoms with Gasteiger partial charge in [-0.2, -0.15) is 5.10 Å². The molecule has 5 rings (SSSR count). The van der Waals surface area contributed by atoms with Crippen molar-refractivity contribution in [2.75, 3.05) is 13.1 Å². The van der Waals surface area contributed by atoms with Crippen LogP contribution < -0.4 is 0 Å². The number of hydrogen-bond donors (Lipinski definition) is 1. The van der Waals surface area contributed by atoms with Crippen LogP contribution in [0.2, 0.25) is 0 Å². The molecule has 3 aliphatic rings. The molecule has 2 aromatic rings. The zero-order valence-corrected chi connectivity index (χ0v) is 16.5. The molecule has 1 spiro atoms. The Morgan fingerprint density at radius 2 is 1.86 bits per heavy atom. The number of rotatable bonds is 3. The molecule has 1 amide bonds. The second-order valence-electron chi connectivity index (χ2n) is 8.81. The fourth-order valence-corrected chi connectivity index (χ4v) is 5.75. The van der Waals surface area contributed by atoms with Crippen molar-refractivity contribution >= 4 is 11.4 Å². The summed E-state index contributed by atoms with van der Waals surface area (Å²) in [6, 6.07) is 8.61. The lowest BCUT2D eigenvalue weighted by atomic mass is 9.82. The van der Waals surface area contributed by atoms with E-state index in [2.05, 4.69) is 33.1 Å². The smallest absolute Gasteiger partial charge is 0.243 e. The summed E-state index contributed by atoms with van der Waals surface area (Å²) in [4.78, 5) is 18.3. The standard InChI is InChI=1S/C22H30N4O2/c27-20-8-6-17(7-9-20)25-15-3-12-22(21(25)28)11-2-14-24(22)16-19-5-1-4-18-10-13-23-26(18)19/h1,4-5,10,13,17,20,27H,2-3,6-9,11-12,14-16H2. The number of carbonyl (C=O) groups is 1. The van der Waals surface area contributed by atoms with Crippen LogP contribution >= 0.6 is 0 Å². The van der Waals surface area contributed by atoms with Gasteiger partial charge in [0.15, 0.2) is 0 Å². The van der Waals surface area contributed by atoms with Gasteiger partial charge in [-0.05, 0) is 76.1 Å². The minimum atomic E-state index is -0.344. The number of piperidine rings is 1. The van der Waals surface area contributed by atoms with Crippen molar-refractivity contribution in [2.45, 2.75) is 75.6 Å². The molecule has 1 unspecified atom stereocenters. The van der Waals surface area contributed by atoms with Crippen LogP contribution in [0.5, 0.6) is 0 Å². The topological polar surface area (TPSA) is 61.1 Å². The predicted octanol–water partition coefficient (Wildman–Crippen LogP) is 2.59. The molecule has 0 radical (unpaired) electrons. The number of amides is 1. The van der Waals surface area contributed by atoms with Crippen molar-refractivity contribution in [3.05, 3.63) is 36.2 Å². The molecule has 6 heteroatoms. The zero-order chi connectivity index (χ0) is 19.1. The molecular formula is C22H30N4O2. The van der Waals surface area contributed by atoms with Gasteiger partial charge in [-0.15, -0.1) is 0 Å². The van der Waals surface area contributed by atoms with Crippen LogP contribution in [0.15, 0.2) is 30.5 Å². The van der Waals surface area contributed by atoms with Gasteiger partial charge in [-0.25, -0.2) is 4.52 Å². The largest absolute Gasteiger partial charge is 0.393 e. The first-order chi connectivity index (χ1) is 13.7. The highest BCUT2D eigenvalue weighted by Gasteiger charge is 2.52.